The molecular formula is C15H19ClO. The van der Waals surface area contributed by atoms with Crippen LogP contribution in [0.25, 0.3) is 0 Å². The Hall–Kier alpha value is -0.820. The van der Waals surface area contributed by atoms with E-state index < -0.39 is 0 Å². The second kappa shape index (κ2) is 5.22. The number of ketones is 1. The van der Waals surface area contributed by atoms with Crippen LogP contribution in [0, 0.1) is 17.8 Å². The molecule has 0 aromatic heterocycles. The molecular weight excluding hydrogens is 232 g/mol. The highest BCUT2D eigenvalue weighted by molar-refractivity contribution is 6.30. The standard InChI is InChI=1S/C15H19ClO/c1-10-9-13(15(17)11(10)2)6-3-12-4-7-14(16)8-5-12/h4-5,7-8,10-11,13H,3,6,9H2,1-2H3. The average molecular weight is 251 g/mol. The van der Waals surface area contributed by atoms with Gasteiger partial charge >= 0.3 is 0 Å². The van der Waals surface area contributed by atoms with E-state index in [0.717, 1.165) is 24.3 Å². The minimum atomic E-state index is 0.255. The van der Waals surface area contributed by atoms with Gasteiger partial charge in [-0.3, -0.25) is 4.79 Å². The van der Waals surface area contributed by atoms with Gasteiger partial charge in [0.15, 0.2) is 0 Å². The lowest BCUT2D eigenvalue weighted by Gasteiger charge is -2.08. The van der Waals surface area contributed by atoms with Crippen LogP contribution in [0.3, 0.4) is 0 Å². The number of carbonyl (C=O) groups is 1. The minimum absolute atomic E-state index is 0.255. The van der Waals surface area contributed by atoms with E-state index in [2.05, 4.69) is 26.0 Å². The van der Waals surface area contributed by atoms with Crippen LogP contribution in [0.1, 0.15) is 32.3 Å². The molecule has 0 radical (unpaired) electrons. The van der Waals surface area contributed by atoms with Crippen molar-refractivity contribution in [3.63, 3.8) is 0 Å². The monoisotopic (exact) mass is 250 g/mol. The van der Waals surface area contributed by atoms with Crippen LogP contribution in [0.4, 0.5) is 0 Å². The number of aryl methyl sites for hydroxylation is 1. The Balaban J connectivity index is 1.91. The second-order valence-corrected chi connectivity index (χ2v) is 5.70. The Morgan fingerprint density at radius 1 is 1.24 bits per heavy atom. The molecule has 0 aliphatic heterocycles. The maximum atomic E-state index is 12.0. The fourth-order valence-corrected chi connectivity index (χ4v) is 2.80. The molecule has 1 aromatic rings. The van der Waals surface area contributed by atoms with Crippen LogP contribution in [-0.2, 0) is 11.2 Å². The van der Waals surface area contributed by atoms with Crippen molar-refractivity contribution in [2.24, 2.45) is 17.8 Å². The zero-order valence-electron chi connectivity index (χ0n) is 10.4. The van der Waals surface area contributed by atoms with Gasteiger partial charge in [0.25, 0.3) is 0 Å². The van der Waals surface area contributed by atoms with Crippen molar-refractivity contribution in [2.75, 3.05) is 0 Å². The molecule has 0 amide bonds. The third kappa shape index (κ3) is 2.90. The topological polar surface area (TPSA) is 17.1 Å². The van der Waals surface area contributed by atoms with Gasteiger partial charge in [0.05, 0.1) is 0 Å². The zero-order valence-corrected chi connectivity index (χ0v) is 11.2. The predicted octanol–water partition coefficient (Wildman–Crippen LogP) is 4.13. The number of halogens is 1. The first-order valence-electron chi connectivity index (χ1n) is 6.36. The van der Waals surface area contributed by atoms with Gasteiger partial charge in [0.1, 0.15) is 5.78 Å². The molecule has 0 spiro atoms. The molecule has 0 N–H and O–H groups in total. The highest BCUT2D eigenvalue weighted by atomic mass is 35.5. The number of rotatable bonds is 3. The van der Waals surface area contributed by atoms with Crippen molar-refractivity contribution in [3.8, 4) is 0 Å². The number of hydrogen-bond acceptors (Lipinski definition) is 1. The number of Topliss-reactive ketones (excluding diaryl/α,β-unsaturated/α-hetero) is 1. The molecule has 3 atom stereocenters. The molecule has 2 rings (SSSR count). The lowest BCUT2D eigenvalue weighted by Crippen LogP contribution is -2.13. The normalized spacial score (nSPS) is 28.6. The Bertz CT molecular complexity index is 396. The lowest BCUT2D eigenvalue weighted by molar-refractivity contribution is -0.123. The van der Waals surface area contributed by atoms with Crippen LogP contribution < -0.4 is 0 Å². The van der Waals surface area contributed by atoms with E-state index >= 15 is 0 Å². The third-order valence-corrected chi connectivity index (χ3v) is 4.31. The Labute approximate surface area is 108 Å². The van der Waals surface area contributed by atoms with E-state index in [0.29, 0.717) is 11.7 Å². The maximum Gasteiger partial charge on any atom is 0.139 e. The molecule has 1 saturated carbocycles. The van der Waals surface area contributed by atoms with Gasteiger partial charge in [-0.25, -0.2) is 0 Å². The molecule has 1 aliphatic carbocycles. The van der Waals surface area contributed by atoms with Gasteiger partial charge in [0.2, 0.25) is 0 Å². The Morgan fingerprint density at radius 2 is 1.88 bits per heavy atom. The van der Waals surface area contributed by atoms with Crippen molar-refractivity contribution in [3.05, 3.63) is 34.9 Å². The molecule has 0 heterocycles. The van der Waals surface area contributed by atoms with Crippen LogP contribution in [0.2, 0.25) is 5.02 Å². The first-order valence-corrected chi connectivity index (χ1v) is 6.74. The summed E-state index contributed by atoms with van der Waals surface area (Å²) in [5, 5.41) is 0.771. The lowest BCUT2D eigenvalue weighted by atomic mass is 9.96. The summed E-state index contributed by atoms with van der Waals surface area (Å²) in [6.45, 7) is 4.25. The minimum Gasteiger partial charge on any atom is -0.299 e. The molecule has 92 valence electrons. The quantitative estimate of drug-likeness (QED) is 0.788. The van der Waals surface area contributed by atoms with Gasteiger partial charge in [-0.2, -0.15) is 0 Å². The van der Waals surface area contributed by atoms with Crippen molar-refractivity contribution >= 4 is 17.4 Å². The van der Waals surface area contributed by atoms with Crippen LogP contribution in [0.15, 0.2) is 24.3 Å². The summed E-state index contributed by atoms with van der Waals surface area (Å²) in [5.41, 5.74) is 1.27. The van der Waals surface area contributed by atoms with Crippen LogP contribution in [0.5, 0.6) is 0 Å². The highest BCUT2D eigenvalue weighted by Gasteiger charge is 2.35. The number of benzene rings is 1. The molecule has 2 heteroatoms. The summed E-state index contributed by atoms with van der Waals surface area (Å²) in [7, 11) is 0. The van der Waals surface area contributed by atoms with Gasteiger partial charge in [0, 0.05) is 16.9 Å². The van der Waals surface area contributed by atoms with Gasteiger partial charge in [-0.05, 0) is 42.9 Å². The molecule has 1 nitrogen and oxygen atoms in total. The number of hydrogen-bond donors (Lipinski definition) is 0. The average Bonchev–Trinajstić information content (AvgIpc) is 2.56. The second-order valence-electron chi connectivity index (χ2n) is 5.27. The molecule has 1 fully saturated rings. The highest BCUT2D eigenvalue weighted by Crippen LogP contribution is 2.35. The summed E-state index contributed by atoms with van der Waals surface area (Å²) < 4.78 is 0. The van der Waals surface area contributed by atoms with Gasteiger partial charge in [-0.15, -0.1) is 0 Å². The van der Waals surface area contributed by atoms with E-state index in [1.165, 1.54) is 5.56 Å². The molecule has 17 heavy (non-hydrogen) atoms. The summed E-state index contributed by atoms with van der Waals surface area (Å²) in [6.07, 6.45) is 3.02. The van der Waals surface area contributed by atoms with E-state index in [1.807, 2.05) is 12.1 Å². The molecule has 1 aliphatic rings. The van der Waals surface area contributed by atoms with Crippen LogP contribution >= 0.6 is 11.6 Å². The van der Waals surface area contributed by atoms with Gasteiger partial charge in [-0.1, -0.05) is 37.6 Å². The summed E-state index contributed by atoms with van der Waals surface area (Å²) in [4.78, 5) is 12.0. The van der Waals surface area contributed by atoms with Crippen molar-refractivity contribution in [1.82, 2.24) is 0 Å². The fraction of sp³-hybridized carbons (Fsp3) is 0.533. The molecule has 0 bridgehead atoms. The van der Waals surface area contributed by atoms with Crippen molar-refractivity contribution in [2.45, 2.75) is 33.1 Å². The molecule has 1 aromatic carbocycles. The predicted molar refractivity (Wildman–Crippen MR) is 71.2 cm³/mol. The largest absolute Gasteiger partial charge is 0.299 e. The summed E-state index contributed by atoms with van der Waals surface area (Å²) in [5.74, 6) is 1.55. The van der Waals surface area contributed by atoms with E-state index in [9.17, 15) is 4.79 Å². The smallest absolute Gasteiger partial charge is 0.139 e. The maximum absolute atomic E-state index is 12.0. The van der Waals surface area contributed by atoms with E-state index in [4.69, 9.17) is 11.6 Å². The summed E-state index contributed by atoms with van der Waals surface area (Å²) >= 11 is 5.85. The first kappa shape index (κ1) is 12.6. The van der Waals surface area contributed by atoms with Crippen molar-refractivity contribution < 1.29 is 4.79 Å². The fourth-order valence-electron chi connectivity index (χ4n) is 2.67. The Kier molecular flexibility index (Phi) is 3.88. The van der Waals surface area contributed by atoms with E-state index in [1.54, 1.807) is 0 Å². The van der Waals surface area contributed by atoms with E-state index in [-0.39, 0.29) is 11.8 Å². The zero-order chi connectivity index (χ0) is 12.4. The molecule has 0 saturated heterocycles. The first-order chi connectivity index (χ1) is 8.08. The van der Waals surface area contributed by atoms with Gasteiger partial charge < -0.3 is 0 Å². The Morgan fingerprint density at radius 3 is 2.41 bits per heavy atom. The molecule has 3 unspecified atom stereocenters. The summed E-state index contributed by atoms with van der Waals surface area (Å²) in [6, 6.07) is 7.93. The van der Waals surface area contributed by atoms with Crippen LogP contribution in [-0.4, -0.2) is 5.78 Å². The SMILES string of the molecule is CC1CC(CCc2ccc(Cl)cc2)C(=O)C1C. The van der Waals surface area contributed by atoms with Crippen molar-refractivity contribution in [1.29, 1.82) is 0 Å². The number of carbonyl (C=O) groups excluding carboxylic acids is 1. The third-order valence-electron chi connectivity index (χ3n) is 4.06.